The Morgan fingerprint density at radius 2 is 2.10 bits per heavy atom. The van der Waals surface area contributed by atoms with Crippen molar-refractivity contribution in [3.63, 3.8) is 0 Å². The first-order valence-corrected chi connectivity index (χ1v) is 7.16. The number of nitrogens with one attached hydrogen (secondary N) is 1. The molecule has 21 heavy (non-hydrogen) atoms. The number of rotatable bonds is 2. The molecule has 5 heteroatoms. The molecule has 112 valence electrons. The average Bonchev–Trinajstić information content (AvgIpc) is 2.51. The molecule has 0 saturated carbocycles. The molecule has 0 unspecified atom stereocenters. The second-order valence-corrected chi connectivity index (χ2v) is 4.94. The number of nitrogens with zero attached hydrogens (tertiary/aromatic N) is 1. The molecule has 0 aromatic heterocycles. The van der Waals surface area contributed by atoms with Gasteiger partial charge in [-0.15, -0.1) is 0 Å². The van der Waals surface area contributed by atoms with Gasteiger partial charge in [-0.3, -0.25) is 0 Å². The van der Waals surface area contributed by atoms with Crippen molar-refractivity contribution >= 4 is 11.7 Å². The Hall–Kier alpha value is -2.06. The quantitative estimate of drug-likeness (QED) is 0.823. The average molecular weight is 290 g/mol. The standard InChI is InChI=1S/C16H19FN2O2/c17-14-7-8-15(13(12-14)6-2-5-11-20)18-16(21)19-9-3-1-4-10-19/h7-8,12,20H,1,3-5,9-11H2,(H,18,21). The van der Waals surface area contributed by atoms with Crippen molar-refractivity contribution in [2.75, 3.05) is 25.0 Å². The maximum absolute atomic E-state index is 13.3. The minimum atomic E-state index is -0.403. The van der Waals surface area contributed by atoms with E-state index in [1.807, 2.05) is 0 Å². The van der Waals surface area contributed by atoms with Crippen LogP contribution in [0.25, 0.3) is 0 Å². The highest BCUT2D eigenvalue weighted by molar-refractivity contribution is 5.91. The summed E-state index contributed by atoms with van der Waals surface area (Å²) in [6.45, 7) is 1.45. The SMILES string of the molecule is O=C(Nc1ccc(F)cc1C#CCCO)N1CCCCC1. The van der Waals surface area contributed by atoms with Gasteiger partial charge >= 0.3 is 6.03 Å². The van der Waals surface area contributed by atoms with E-state index in [1.54, 1.807) is 4.90 Å². The Balaban J connectivity index is 2.11. The van der Waals surface area contributed by atoms with Crippen LogP contribution in [0.5, 0.6) is 0 Å². The Bertz CT molecular complexity index is 557. The molecule has 0 radical (unpaired) electrons. The third-order valence-corrected chi connectivity index (χ3v) is 3.33. The molecule has 0 spiro atoms. The van der Waals surface area contributed by atoms with Crippen LogP contribution >= 0.6 is 0 Å². The molecule has 0 bridgehead atoms. The number of hydrogen-bond acceptors (Lipinski definition) is 2. The number of aliphatic hydroxyl groups excluding tert-OH is 1. The van der Waals surface area contributed by atoms with Gasteiger partial charge in [0, 0.05) is 19.5 Å². The van der Waals surface area contributed by atoms with Crippen molar-refractivity contribution in [3.05, 3.63) is 29.6 Å². The molecule has 1 aromatic carbocycles. The molecular formula is C16H19FN2O2. The van der Waals surface area contributed by atoms with Crippen LogP contribution in [-0.2, 0) is 0 Å². The fourth-order valence-electron chi connectivity index (χ4n) is 2.23. The number of benzene rings is 1. The van der Waals surface area contributed by atoms with Gasteiger partial charge in [0.05, 0.1) is 17.9 Å². The molecule has 1 aliphatic heterocycles. The van der Waals surface area contributed by atoms with Crippen molar-refractivity contribution in [1.82, 2.24) is 4.90 Å². The largest absolute Gasteiger partial charge is 0.395 e. The topological polar surface area (TPSA) is 52.6 Å². The van der Waals surface area contributed by atoms with E-state index in [-0.39, 0.29) is 12.6 Å². The predicted octanol–water partition coefficient (Wildman–Crippen LogP) is 2.58. The number of carbonyl (C=O) groups is 1. The molecule has 0 atom stereocenters. The van der Waals surface area contributed by atoms with E-state index in [1.165, 1.54) is 18.2 Å². The Morgan fingerprint density at radius 3 is 2.81 bits per heavy atom. The van der Waals surface area contributed by atoms with Crippen LogP contribution in [0, 0.1) is 17.7 Å². The number of amides is 2. The molecular weight excluding hydrogens is 271 g/mol. The van der Waals surface area contributed by atoms with Gasteiger partial charge in [0.2, 0.25) is 0 Å². The fraction of sp³-hybridized carbons (Fsp3) is 0.438. The first-order valence-electron chi connectivity index (χ1n) is 7.16. The highest BCUT2D eigenvalue weighted by Gasteiger charge is 2.17. The molecule has 1 fully saturated rings. The monoisotopic (exact) mass is 290 g/mol. The van der Waals surface area contributed by atoms with Crippen LogP contribution in [0.15, 0.2) is 18.2 Å². The zero-order chi connectivity index (χ0) is 15.1. The number of anilines is 1. The van der Waals surface area contributed by atoms with Crippen LogP contribution in [0.1, 0.15) is 31.2 Å². The van der Waals surface area contributed by atoms with Crippen LogP contribution in [0.2, 0.25) is 0 Å². The summed E-state index contributed by atoms with van der Waals surface area (Å²) in [5.41, 5.74) is 0.922. The van der Waals surface area contributed by atoms with Gasteiger partial charge in [-0.05, 0) is 37.5 Å². The van der Waals surface area contributed by atoms with Crippen LogP contribution in [-0.4, -0.2) is 35.7 Å². The summed E-state index contributed by atoms with van der Waals surface area (Å²) in [6.07, 6.45) is 3.49. The van der Waals surface area contributed by atoms with E-state index in [9.17, 15) is 9.18 Å². The third kappa shape index (κ3) is 4.47. The molecule has 2 rings (SSSR count). The van der Waals surface area contributed by atoms with Crippen molar-refractivity contribution < 1.29 is 14.3 Å². The summed E-state index contributed by atoms with van der Waals surface area (Å²) in [5.74, 6) is 5.12. The normalized spacial score (nSPS) is 14.3. The van der Waals surface area contributed by atoms with E-state index < -0.39 is 5.82 Å². The molecule has 2 N–H and O–H groups in total. The Kier molecular flexibility index (Phi) is 5.59. The Labute approximate surface area is 124 Å². The molecule has 1 aromatic rings. The molecule has 4 nitrogen and oxygen atoms in total. The van der Waals surface area contributed by atoms with Crippen molar-refractivity contribution in [2.45, 2.75) is 25.7 Å². The van der Waals surface area contributed by atoms with Gasteiger partial charge in [-0.25, -0.2) is 9.18 Å². The number of urea groups is 1. The molecule has 1 saturated heterocycles. The zero-order valence-corrected chi connectivity index (χ0v) is 11.9. The van der Waals surface area contributed by atoms with Crippen LogP contribution in [0.3, 0.4) is 0 Å². The lowest BCUT2D eigenvalue weighted by atomic mass is 10.1. The van der Waals surface area contributed by atoms with Crippen molar-refractivity contribution in [2.24, 2.45) is 0 Å². The van der Waals surface area contributed by atoms with Gasteiger partial charge in [0.1, 0.15) is 5.82 Å². The van der Waals surface area contributed by atoms with E-state index in [0.717, 1.165) is 32.4 Å². The second-order valence-electron chi connectivity index (χ2n) is 4.94. The highest BCUT2D eigenvalue weighted by Crippen LogP contribution is 2.18. The molecule has 0 aliphatic carbocycles. The van der Waals surface area contributed by atoms with Crippen molar-refractivity contribution in [3.8, 4) is 11.8 Å². The lowest BCUT2D eigenvalue weighted by Gasteiger charge is -2.27. The summed E-state index contributed by atoms with van der Waals surface area (Å²) in [4.78, 5) is 13.9. The summed E-state index contributed by atoms with van der Waals surface area (Å²) in [6, 6.07) is 3.92. The number of hydrogen-bond donors (Lipinski definition) is 2. The number of aliphatic hydroxyl groups is 1. The van der Waals surface area contributed by atoms with Gasteiger partial charge in [-0.2, -0.15) is 0 Å². The summed E-state index contributed by atoms with van der Waals surface area (Å²) in [7, 11) is 0. The van der Waals surface area contributed by atoms with Gasteiger partial charge < -0.3 is 15.3 Å². The lowest BCUT2D eigenvalue weighted by molar-refractivity contribution is 0.200. The summed E-state index contributed by atoms with van der Waals surface area (Å²) >= 11 is 0. The zero-order valence-electron chi connectivity index (χ0n) is 11.9. The minimum Gasteiger partial charge on any atom is -0.395 e. The number of halogens is 1. The number of carbonyl (C=O) groups excluding carboxylic acids is 1. The van der Waals surface area contributed by atoms with E-state index in [0.29, 0.717) is 17.7 Å². The lowest BCUT2D eigenvalue weighted by Crippen LogP contribution is -2.38. The van der Waals surface area contributed by atoms with Crippen molar-refractivity contribution in [1.29, 1.82) is 0 Å². The summed E-state index contributed by atoms with van der Waals surface area (Å²) in [5, 5.41) is 11.5. The molecule has 1 aliphatic rings. The molecule has 2 amide bonds. The van der Waals surface area contributed by atoms with E-state index >= 15 is 0 Å². The minimum absolute atomic E-state index is 0.0439. The third-order valence-electron chi connectivity index (χ3n) is 3.33. The van der Waals surface area contributed by atoms with E-state index in [4.69, 9.17) is 5.11 Å². The molecule has 1 heterocycles. The number of piperidine rings is 1. The van der Waals surface area contributed by atoms with Crippen LogP contribution in [0.4, 0.5) is 14.9 Å². The highest BCUT2D eigenvalue weighted by atomic mass is 19.1. The van der Waals surface area contributed by atoms with Crippen LogP contribution < -0.4 is 5.32 Å². The number of likely N-dealkylation sites (tertiary alicyclic amines) is 1. The Morgan fingerprint density at radius 1 is 1.33 bits per heavy atom. The fourth-order valence-corrected chi connectivity index (χ4v) is 2.23. The second kappa shape index (κ2) is 7.65. The van der Waals surface area contributed by atoms with Gasteiger partial charge in [0.25, 0.3) is 0 Å². The smallest absolute Gasteiger partial charge is 0.321 e. The first-order chi connectivity index (χ1) is 10.2. The maximum Gasteiger partial charge on any atom is 0.321 e. The predicted molar refractivity (Wildman–Crippen MR) is 79.4 cm³/mol. The van der Waals surface area contributed by atoms with E-state index in [2.05, 4.69) is 17.2 Å². The first kappa shape index (κ1) is 15.3. The summed E-state index contributed by atoms with van der Waals surface area (Å²) < 4.78 is 13.3. The maximum atomic E-state index is 13.3. The van der Waals surface area contributed by atoms with Gasteiger partial charge in [0.15, 0.2) is 0 Å². The van der Waals surface area contributed by atoms with Gasteiger partial charge in [-0.1, -0.05) is 11.8 Å².